The molecule has 0 aliphatic heterocycles. The Morgan fingerprint density at radius 1 is 1.77 bits per heavy atom. The fourth-order valence-corrected chi connectivity index (χ4v) is 1.18. The molecule has 3 heteroatoms. The van der Waals surface area contributed by atoms with Gasteiger partial charge in [0.15, 0.2) is 0 Å². The number of rotatable bonds is 4. The Balaban J connectivity index is 2.58. The van der Waals surface area contributed by atoms with E-state index >= 15 is 0 Å². The van der Waals surface area contributed by atoms with Gasteiger partial charge in [0.25, 0.3) is 0 Å². The van der Waals surface area contributed by atoms with Crippen LogP contribution in [0.3, 0.4) is 0 Å². The zero-order valence-corrected chi connectivity index (χ0v) is 8.33. The first-order valence-corrected chi connectivity index (χ1v) is 4.53. The van der Waals surface area contributed by atoms with E-state index in [1.165, 1.54) is 5.57 Å². The molecule has 72 valence electrons. The van der Waals surface area contributed by atoms with Gasteiger partial charge >= 0.3 is 0 Å². The van der Waals surface area contributed by atoms with Crippen LogP contribution >= 0.6 is 0 Å². The summed E-state index contributed by atoms with van der Waals surface area (Å²) in [5.41, 5.74) is 8.07. The highest BCUT2D eigenvalue weighted by atomic mass is 15.0. The van der Waals surface area contributed by atoms with Crippen molar-refractivity contribution >= 4 is 0 Å². The predicted molar refractivity (Wildman–Crippen MR) is 54.2 cm³/mol. The number of aromatic nitrogens is 2. The second-order valence-electron chi connectivity index (χ2n) is 3.38. The summed E-state index contributed by atoms with van der Waals surface area (Å²) >= 11 is 0. The van der Waals surface area contributed by atoms with Gasteiger partial charge in [-0.3, -0.25) is 0 Å². The zero-order valence-electron chi connectivity index (χ0n) is 8.33. The Kier molecular flexibility index (Phi) is 3.25. The van der Waals surface area contributed by atoms with Crippen molar-refractivity contribution < 1.29 is 0 Å². The van der Waals surface area contributed by atoms with Gasteiger partial charge in [0.05, 0.1) is 18.1 Å². The van der Waals surface area contributed by atoms with E-state index in [0.717, 1.165) is 18.5 Å². The molecule has 0 radical (unpaired) electrons. The average Bonchev–Trinajstić information content (AvgIpc) is 2.51. The Hall–Kier alpha value is -1.09. The minimum Gasteiger partial charge on any atom is -0.340 e. The molecule has 0 saturated carbocycles. The molecule has 0 saturated heterocycles. The maximum Gasteiger partial charge on any atom is 0.0947 e. The monoisotopic (exact) mass is 179 g/mol. The molecule has 0 amide bonds. The van der Waals surface area contributed by atoms with E-state index in [1.807, 2.05) is 17.8 Å². The average molecular weight is 179 g/mol. The zero-order chi connectivity index (χ0) is 9.84. The third-order valence-corrected chi connectivity index (χ3v) is 2.11. The van der Waals surface area contributed by atoms with Crippen LogP contribution < -0.4 is 5.73 Å². The van der Waals surface area contributed by atoms with E-state index in [-0.39, 0.29) is 6.04 Å². The van der Waals surface area contributed by atoms with Gasteiger partial charge in [-0.1, -0.05) is 19.1 Å². The van der Waals surface area contributed by atoms with E-state index in [1.54, 1.807) is 6.33 Å². The number of nitrogens with zero attached hydrogens (tertiary/aromatic N) is 2. The van der Waals surface area contributed by atoms with Crippen LogP contribution in [0.5, 0.6) is 0 Å². The van der Waals surface area contributed by atoms with E-state index in [4.69, 9.17) is 5.73 Å². The van der Waals surface area contributed by atoms with Crippen LogP contribution in [0.25, 0.3) is 0 Å². The maximum atomic E-state index is 5.95. The second kappa shape index (κ2) is 4.23. The van der Waals surface area contributed by atoms with Crippen LogP contribution in [-0.4, -0.2) is 9.55 Å². The van der Waals surface area contributed by atoms with Crippen molar-refractivity contribution in [1.82, 2.24) is 9.55 Å². The smallest absolute Gasteiger partial charge is 0.0947 e. The van der Waals surface area contributed by atoms with Crippen molar-refractivity contribution in [2.24, 2.45) is 12.8 Å². The summed E-state index contributed by atoms with van der Waals surface area (Å²) in [6.45, 7) is 6.02. The summed E-state index contributed by atoms with van der Waals surface area (Å²) < 4.78 is 1.91. The fraction of sp³-hybridized carbons (Fsp3) is 0.500. The van der Waals surface area contributed by atoms with Gasteiger partial charge in [-0.25, -0.2) is 4.98 Å². The topological polar surface area (TPSA) is 43.8 Å². The van der Waals surface area contributed by atoms with Crippen LogP contribution in [0.15, 0.2) is 24.7 Å². The van der Waals surface area contributed by atoms with Crippen LogP contribution in [0.1, 0.15) is 31.5 Å². The van der Waals surface area contributed by atoms with Gasteiger partial charge in [-0.2, -0.15) is 0 Å². The molecular formula is C10H17N3. The third-order valence-electron chi connectivity index (χ3n) is 2.11. The van der Waals surface area contributed by atoms with Gasteiger partial charge in [0.1, 0.15) is 0 Å². The van der Waals surface area contributed by atoms with E-state index in [9.17, 15) is 0 Å². The van der Waals surface area contributed by atoms with Crippen LogP contribution in [-0.2, 0) is 7.05 Å². The van der Waals surface area contributed by atoms with Crippen LogP contribution in [0, 0.1) is 0 Å². The predicted octanol–water partition coefficient (Wildman–Crippen LogP) is 1.78. The Labute approximate surface area is 79.3 Å². The minimum atomic E-state index is -0.00588. The molecule has 0 spiro atoms. The molecule has 1 aromatic rings. The van der Waals surface area contributed by atoms with E-state index in [2.05, 4.69) is 18.5 Å². The largest absolute Gasteiger partial charge is 0.340 e. The summed E-state index contributed by atoms with van der Waals surface area (Å²) in [4.78, 5) is 4.20. The maximum absolute atomic E-state index is 5.95. The number of nitrogens with two attached hydrogens (primary N) is 1. The molecule has 1 aromatic heterocycles. The highest BCUT2D eigenvalue weighted by Gasteiger charge is 2.09. The Morgan fingerprint density at radius 2 is 2.46 bits per heavy atom. The van der Waals surface area contributed by atoms with Crippen molar-refractivity contribution in [2.75, 3.05) is 0 Å². The van der Waals surface area contributed by atoms with Crippen LogP contribution in [0.2, 0.25) is 0 Å². The highest BCUT2D eigenvalue weighted by Crippen LogP contribution is 2.17. The molecule has 1 atom stereocenters. The molecule has 1 unspecified atom stereocenters. The SMILES string of the molecule is C=C(CC)CC(N)c1cn(C)cn1. The molecule has 0 aliphatic rings. The summed E-state index contributed by atoms with van der Waals surface area (Å²) in [6, 6.07) is -0.00588. The lowest BCUT2D eigenvalue weighted by molar-refractivity contribution is 0.682. The molecule has 0 bridgehead atoms. The molecule has 1 rings (SSSR count). The fourth-order valence-electron chi connectivity index (χ4n) is 1.18. The van der Waals surface area contributed by atoms with Crippen molar-refractivity contribution in [1.29, 1.82) is 0 Å². The second-order valence-corrected chi connectivity index (χ2v) is 3.38. The molecule has 3 nitrogen and oxygen atoms in total. The van der Waals surface area contributed by atoms with Crippen molar-refractivity contribution in [3.8, 4) is 0 Å². The van der Waals surface area contributed by atoms with Gasteiger partial charge in [-0.15, -0.1) is 0 Å². The molecular weight excluding hydrogens is 162 g/mol. The number of hydrogen-bond acceptors (Lipinski definition) is 2. The first-order valence-electron chi connectivity index (χ1n) is 4.53. The lowest BCUT2D eigenvalue weighted by Gasteiger charge is -2.09. The Bertz CT molecular complexity index is 288. The molecule has 2 N–H and O–H groups in total. The van der Waals surface area contributed by atoms with Crippen molar-refractivity contribution in [2.45, 2.75) is 25.8 Å². The molecule has 0 aromatic carbocycles. The Morgan fingerprint density at radius 3 is 2.92 bits per heavy atom. The first-order chi connectivity index (χ1) is 6.13. The van der Waals surface area contributed by atoms with Crippen LogP contribution in [0.4, 0.5) is 0 Å². The first kappa shape index (κ1) is 9.99. The lowest BCUT2D eigenvalue weighted by atomic mass is 10.0. The quantitative estimate of drug-likeness (QED) is 0.716. The molecule has 1 heterocycles. The van der Waals surface area contributed by atoms with Gasteiger partial charge in [0, 0.05) is 13.2 Å². The van der Waals surface area contributed by atoms with Gasteiger partial charge in [-0.05, 0) is 12.8 Å². The summed E-state index contributed by atoms with van der Waals surface area (Å²) in [5.74, 6) is 0. The van der Waals surface area contributed by atoms with Gasteiger partial charge in [0.2, 0.25) is 0 Å². The molecule has 13 heavy (non-hydrogen) atoms. The van der Waals surface area contributed by atoms with E-state index in [0.29, 0.717) is 0 Å². The summed E-state index contributed by atoms with van der Waals surface area (Å²) in [7, 11) is 1.94. The molecule has 0 fully saturated rings. The van der Waals surface area contributed by atoms with E-state index < -0.39 is 0 Å². The third kappa shape index (κ3) is 2.70. The lowest BCUT2D eigenvalue weighted by Crippen LogP contribution is -2.11. The standard InChI is InChI=1S/C10H17N3/c1-4-8(2)5-9(11)10-6-13(3)7-12-10/h6-7,9H,2,4-5,11H2,1,3H3. The van der Waals surface area contributed by atoms with Crippen molar-refractivity contribution in [3.63, 3.8) is 0 Å². The number of hydrogen-bond donors (Lipinski definition) is 1. The van der Waals surface area contributed by atoms with Gasteiger partial charge < -0.3 is 10.3 Å². The summed E-state index contributed by atoms with van der Waals surface area (Å²) in [6.07, 6.45) is 5.53. The molecule has 0 aliphatic carbocycles. The summed E-state index contributed by atoms with van der Waals surface area (Å²) in [5, 5.41) is 0. The number of imidazole rings is 1. The highest BCUT2D eigenvalue weighted by molar-refractivity contribution is 5.08. The number of aryl methyl sites for hydroxylation is 1. The minimum absolute atomic E-state index is 0.00588. The van der Waals surface area contributed by atoms with Crippen molar-refractivity contribution in [3.05, 3.63) is 30.4 Å². The normalized spacial score (nSPS) is 12.8.